The zero-order chi connectivity index (χ0) is 13.3. The number of aromatic nitrogens is 1. The molecule has 2 fully saturated rings. The number of amides is 1. The van der Waals surface area contributed by atoms with Crippen LogP contribution in [0.5, 0.6) is 0 Å². The molecule has 1 saturated carbocycles. The summed E-state index contributed by atoms with van der Waals surface area (Å²) in [4.78, 5) is 16.9. The van der Waals surface area contributed by atoms with Crippen LogP contribution in [0.2, 0.25) is 0 Å². The van der Waals surface area contributed by atoms with E-state index in [1.807, 2.05) is 19.1 Å². The molecule has 6 heteroatoms. The zero-order valence-electron chi connectivity index (χ0n) is 12.2. The van der Waals surface area contributed by atoms with Crippen molar-refractivity contribution in [1.29, 1.82) is 0 Å². The Bertz CT molecular complexity index is 480. The number of carbonyl (C=O) groups excluding carboxylic acids is 1. The van der Waals surface area contributed by atoms with Crippen molar-refractivity contribution in [3.63, 3.8) is 0 Å². The van der Waals surface area contributed by atoms with Crippen molar-refractivity contribution in [2.75, 3.05) is 18.4 Å². The molecule has 1 saturated heterocycles. The smallest absolute Gasteiger partial charge is 0.233 e. The topological polar surface area (TPSA) is 54.0 Å². The van der Waals surface area contributed by atoms with Gasteiger partial charge < -0.3 is 10.6 Å². The van der Waals surface area contributed by atoms with Crippen LogP contribution in [0.25, 0.3) is 0 Å². The van der Waals surface area contributed by atoms with E-state index in [4.69, 9.17) is 0 Å². The molecule has 0 radical (unpaired) electrons. The van der Waals surface area contributed by atoms with Crippen molar-refractivity contribution >= 4 is 36.5 Å². The Morgan fingerprint density at radius 1 is 1.38 bits per heavy atom. The highest BCUT2D eigenvalue weighted by atomic mass is 35.5. The first-order chi connectivity index (χ1) is 9.21. The van der Waals surface area contributed by atoms with E-state index in [0.717, 1.165) is 31.5 Å². The molecule has 0 bridgehead atoms. The van der Waals surface area contributed by atoms with Crippen LogP contribution in [0.4, 0.5) is 5.82 Å². The van der Waals surface area contributed by atoms with Gasteiger partial charge in [-0.3, -0.25) is 4.79 Å². The standard InChI is InChI=1S/C15H21N3O.2ClH/c1-11-5-6-13(17-8-11)18-14(19)15-7-3-2-4-12(15)9-16-10-15;;/h5-6,8,12,16H,2-4,7,9-10H2,1H3,(H,17,18,19);2*1H/t12-,15+;;/m0../s1. The lowest BCUT2D eigenvalue weighted by Gasteiger charge is -2.36. The monoisotopic (exact) mass is 331 g/mol. The summed E-state index contributed by atoms with van der Waals surface area (Å²) < 4.78 is 0. The summed E-state index contributed by atoms with van der Waals surface area (Å²) in [6.45, 7) is 3.79. The minimum atomic E-state index is -0.204. The number of hydrogen-bond donors (Lipinski definition) is 2. The van der Waals surface area contributed by atoms with Gasteiger partial charge in [0.2, 0.25) is 5.91 Å². The van der Waals surface area contributed by atoms with E-state index in [9.17, 15) is 4.79 Å². The third-order valence-corrected chi connectivity index (χ3v) is 4.64. The third kappa shape index (κ3) is 3.50. The Morgan fingerprint density at radius 2 is 2.19 bits per heavy atom. The van der Waals surface area contributed by atoms with Gasteiger partial charge in [-0.2, -0.15) is 0 Å². The maximum absolute atomic E-state index is 12.7. The van der Waals surface area contributed by atoms with Gasteiger partial charge in [-0.05, 0) is 43.9 Å². The van der Waals surface area contributed by atoms with E-state index in [-0.39, 0.29) is 36.1 Å². The first kappa shape index (κ1) is 18.2. The molecule has 1 aromatic heterocycles. The lowest BCUT2D eigenvalue weighted by Crippen LogP contribution is -2.44. The number of nitrogens with zero attached hydrogens (tertiary/aromatic N) is 1. The van der Waals surface area contributed by atoms with Crippen molar-refractivity contribution in [2.45, 2.75) is 32.6 Å². The minimum absolute atomic E-state index is 0. The average Bonchev–Trinajstić information content (AvgIpc) is 2.86. The highest BCUT2D eigenvalue weighted by molar-refractivity contribution is 5.95. The van der Waals surface area contributed by atoms with Gasteiger partial charge in [0.05, 0.1) is 5.41 Å². The number of carbonyl (C=O) groups is 1. The summed E-state index contributed by atoms with van der Waals surface area (Å²) in [5.41, 5.74) is 0.902. The van der Waals surface area contributed by atoms with E-state index in [1.165, 1.54) is 12.8 Å². The van der Waals surface area contributed by atoms with Crippen molar-refractivity contribution in [1.82, 2.24) is 10.3 Å². The number of hydrogen-bond acceptors (Lipinski definition) is 3. The number of halogens is 2. The molecule has 1 amide bonds. The first-order valence-electron chi connectivity index (χ1n) is 7.15. The van der Waals surface area contributed by atoms with E-state index in [0.29, 0.717) is 11.7 Å². The lowest BCUT2D eigenvalue weighted by atomic mass is 9.67. The Morgan fingerprint density at radius 3 is 2.90 bits per heavy atom. The molecule has 2 atom stereocenters. The second-order valence-electron chi connectivity index (χ2n) is 5.90. The van der Waals surface area contributed by atoms with Crippen LogP contribution in [-0.4, -0.2) is 24.0 Å². The molecule has 118 valence electrons. The summed E-state index contributed by atoms with van der Waals surface area (Å²) in [7, 11) is 0. The second-order valence-corrected chi connectivity index (χ2v) is 5.90. The molecular weight excluding hydrogens is 309 g/mol. The van der Waals surface area contributed by atoms with Crippen molar-refractivity contribution < 1.29 is 4.79 Å². The van der Waals surface area contributed by atoms with Crippen LogP contribution < -0.4 is 10.6 Å². The van der Waals surface area contributed by atoms with Crippen LogP contribution in [0.1, 0.15) is 31.2 Å². The van der Waals surface area contributed by atoms with Gasteiger partial charge >= 0.3 is 0 Å². The molecular formula is C15H23Cl2N3O. The highest BCUT2D eigenvalue weighted by Gasteiger charge is 2.49. The predicted molar refractivity (Wildman–Crippen MR) is 89.4 cm³/mol. The summed E-state index contributed by atoms with van der Waals surface area (Å²) >= 11 is 0. The summed E-state index contributed by atoms with van der Waals surface area (Å²) in [6, 6.07) is 3.86. The molecule has 1 aliphatic carbocycles. The fourth-order valence-corrected chi connectivity index (χ4v) is 3.47. The van der Waals surface area contributed by atoms with Gasteiger partial charge in [0, 0.05) is 12.7 Å². The number of nitrogens with one attached hydrogen (secondary N) is 2. The van der Waals surface area contributed by atoms with Crippen LogP contribution in [0.15, 0.2) is 18.3 Å². The molecule has 0 spiro atoms. The van der Waals surface area contributed by atoms with Crippen molar-refractivity contribution in [3.8, 4) is 0 Å². The quantitative estimate of drug-likeness (QED) is 0.875. The van der Waals surface area contributed by atoms with Crippen LogP contribution in [0, 0.1) is 18.3 Å². The maximum atomic E-state index is 12.7. The molecule has 21 heavy (non-hydrogen) atoms. The summed E-state index contributed by atoms with van der Waals surface area (Å²) in [5, 5.41) is 6.41. The van der Waals surface area contributed by atoms with Crippen molar-refractivity contribution in [3.05, 3.63) is 23.9 Å². The molecule has 2 aliphatic rings. The van der Waals surface area contributed by atoms with Crippen LogP contribution in [0.3, 0.4) is 0 Å². The Hall–Kier alpha value is -0.840. The Balaban J connectivity index is 0.00000110. The third-order valence-electron chi connectivity index (χ3n) is 4.64. The van der Waals surface area contributed by atoms with Gasteiger partial charge in [-0.1, -0.05) is 18.9 Å². The summed E-state index contributed by atoms with van der Waals surface area (Å²) in [6.07, 6.45) is 6.37. The van der Waals surface area contributed by atoms with E-state index >= 15 is 0 Å². The lowest BCUT2D eigenvalue weighted by molar-refractivity contribution is -0.128. The number of anilines is 1. The highest BCUT2D eigenvalue weighted by Crippen LogP contribution is 2.44. The minimum Gasteiger partial charge on any atom is -0.315 e. The van der Waals surface area contributed by atoms with E-state index in [1.54, 1.807) is 6.20 Å². The number of fused-ring (bicyclic) bond motifs is 1. The van der Waals surface area contributed by atoms with Crippen LogP contribution in [-0.2, 0) is 4.79 Å². The number of aryl methyl sites for hydroxylation is 1. The summed E-state index contributed by atoms with van der Waals surface area (Å²) in [5.74, 6) is 1.31. The SMILES string of the molecule is Cc1ccc(NC(=O)[C@@]23CCCC[C@H]2CNC3)nc1.Cl.Cl. The molecule has 2 N–H and O–H groups in total. The molecule has 1 aliphatic heterocycles. The molecule has 2 heterocycles. The van der Waals surface area contributed by atoms with Gasteiger partial charge in [-0.25, -0.2) is 4.98 Å². The first-order valence-corrected chi connectivity index (χ1v) is 7.15. The Labute approximate surface area is 138 Å². The van der Waals surface area contributed by atoms with Gasteiger partial charge in [-0.15, -0.1) is 24.8 Å². The second kappa shape index (κ2) is 7.43. The van der Waals surface area contributed by atoms with Gasteiger partial charge in [0.15, 0.2) is 0 Å². The maximum Gasteiger partial charge on any atom is 0.233 e. The molecule has 3 rings (SSSR count). The average molecular weight is 332 g/mol. The fourth-order valence-electron chi connectivity index (χ4n) is 3.47. The van der Waals surface area contributed by atoms with Gasteiger partial charge in [0.25, 0.3) is 0 Å². The van der Waals surface area contributed by atoms with Crippen LogP contribution >= 0.6 is 24.8 Å². The number of pyridine rings is 1. The fraction of sp³-hybridized carbons (Fsp3) is 0.600. The normalized spacial score (nSPS) is 27.0. The molecule has 0 unspecified atom stereocenters. The van der Waals surface area contributed by atoms with E-state index < -0.39 is 0 Å². The predicted octanol–water partition coefficient (Wildman–Crippen LogP) is 2.95. The van der Waals surface area contributed by atoms with E-state index in [2.05, 4.69) is 15.6 Å². The van der Waals surface area contributed by atoms with Crippen molar-refractivity contribution in [2.24, 2.45) is 11.3 Å². The largest absolute Gasteiger partial charge is 0.315 e. The molecule has 1 aromatic rings. The molecule has 4 nitrogen and oxygen atoms in total. The zero-order valence-corrected chi connectivity index (χ0v) is 13.9. The molecule has 0 aromatic carbocycles. The Kier molecular flexibility index (Phi) is 6.44. The number of rotatable bonds is 2. The van der Waals surface area contributed by atoms with Gasteiger partial charge in [0.1, 0.15) is 5.82 Å².